The number of hydrogen-bond donors (Lipinski definition) is 0. The van der Waals surface area contributed by atoms with Crippen LogP contribution in [0.4, 0.5) is 0 Å². The van der Waals surface area contributed by atoms with E-state index in [4.69, 9.17) is 68.1 Å². The van der Waals surface area contributed by atoms with Crippen molar-refractivity contribution < 1.29 is 83.4 Å². The van der Waals surface area contributed by atoms with Gasteiger partial charge in [-0.05, 0) is 315 Å². The van der Waals surface area contributed by atoms with E-state index in [0.29, 0.717) is 105 Å². The van der Waals surface area contributed by atoms with Gasteiger partial charge in [-0.25, -0.2) is 0 Å². The van der Waals surface area contributed by atoms with Gasteiger partial charge < -0.3 is 59.4 Å². The zero-order valence-electron chi connectivity index (χ0n) is 83.6. The van der Waals surface area contributed by atoms with Crippen molar-refractivity contribution in [2.75, 3.05) is 0 Å². The molecule has 22 atom stereocenters. The Hall–Kier alpha value is 0.652. The molecule has 12 heteroatoms. The fourth-order valence-corrected chi connectivity index (χ4v) is 28.1. The van der Waals surface area contributed by atoms with Gasteiger partial charge in [-0.2, -0.15) is 0 Å². The maximum absolute atomic E-state index is 4.93. The molecule has 8 fully saturated rings. The summed E-state index contributed by atoms with van der Waals surface area (Å²) in [7, 11) is 39.5. The molecule has 0 amide bonds. The van der Waals surface area contributed by atoms with E-state index < -0.39 is 83.4 Å². The van der Waals surface area contributed by atoms with E-state index in [0.717, 1.165) is 78.4 Å². The second kappa shape index (κ2) is 61.4. The molecule has 0 aromatic rings. The summed E-state index contributed by atoms with van der Waals surface area (Å²) in [6.07, 6.45) is 114. The molecule has 0 aliphatic heterocycles. The number of fused-ring (bicyclic) bond motifs is 12. The Morgan fingerprint density at radius 2 is 0.453 bits per heavy atom. The molecule has 0 heterocycles. The summed E-state index contributed by atoms with van der Waals surface area (Å²) in [6, 6.07) is 0. The Morgan fingerprint density at radius 1 is 0.266 bits per heavy atom. The first-order valence-electron chi connectivity index (χ1n) is 46.9. The Kier molecular flexibility index (Phi) is 60.7. The van der Waals surface area contributed by atoms with Gasteiger partial charge in [0.2, 0.25) is 0 Å². The fraction of sp³-hybridized carbons (Fsp3) is 0.586. The van der Waals surface area contributed by atoms with Gasteiger partial charge in [0.05, 0.1) is 0 Å². The zero-order chi connectivity index (χ0) is 87.0. The van der Waals surface area contributed by atoms with Crippen molar-refractivity contribution in [3.8, 4) is 0 Å². The SMILES string of the molecule is C=CCCC(C)(C1CCCC1)C1C2C=C(C)C=CC2C2C=CC(C(C)(C)C)=CC21.C=CCCC(C)(C1CCCC1)C1C2C=CC=CC2C2C=CC=CC21.C=CCCCC(C)(C1CCCC1)C1C2C=C(C)C=CC2C2C=CC(C(C)(C)C)=CC21.C=CCCCC(C)(C1CCCC1)C1C2C=CC=CC2C2C=CC=CC21.[CH3-].[CH3-].[CH3-].[CH3-].[CH3-].[CH3-].[CH3-].[CH3-].[Cl][Zr+2][Cl].[Cl][Zr+2][Cl].[Cl][Zr+2][Cl].[Cl][Zr+2][Cl]. The van der Waals surface area contributed by atoms with Crippen molar-refractivity contribution in [2.45, 2.75) is 250 Å². The third kappa shape index (κ3) is 30.8. The van der Waals surface area contributed by atoms with Crippen molar-refractivity contribution >= 4 is 68.1 Å². The summed E-state index contributed by atoms with van der Waals surface area (Å²) in [5.41, 5.74) is 8.24. The summed E-state index contributed by atoms with van der Waals surface area (Å²) in [5.74, 6) is 17.8. The standard InChI is InChI=1S/C30H44.C29H42.C25H34.C24H32.8CH3.8ClH.4Zr/c1-7-8-11-18-30(6,22-12-9-10-13-22)28-26-19-21(2)14-16-24(26)25-17-15-23(20-27(25)28)29(3,4)5;1-7-8-17-29(6,21-11-9-10-12-21)27-25-18-20(2)13-15-23(25)24-16-14-22(19-26(24)27)28(3,4)5;1-3-4-11-18-25(2,19-12-5-6-13-19)24-22-16-9-7-14-20(22)21-15-8-10-17-23(21)24;1-3-4-17-24(2,18-11-5-6-12-18)23-21-15-9-7-13-19(21)20-14-8-10-16-22(20)23;;;;;;;;;;;;;;;;;;;;/h7,14-17,19-20,22,24-28H,1,8-13,18H2,2-6H3;7,13-16,18-19,21,23-27H,1,8-12,17H2,2-6H3;3,7-10,14-17,19-24H,1,4-6,11-13,18H2,2H3;3,7-10,13-16,18-23H,1,4-6,11-12,17H2,2H3;8*1H3;8*1H;;;;/q;;;;8*-1;;;;;;;;;4*+4/p-8. The summed E-state index contributed by atoms with van der Waals surface area (Å²) in [4.78, 5) is 0. The van der Waals surface area contributed by atoms with Crippen molar-refractivity contribution in [3.05, 3.63) is 302 Å². The van der Waals surface area contributed by atoms with E-state index >= 15 is 0 Å². The quantitative estimate of drug-likeness (QED) is 0.0576. The Labute approximate surface area is 868 Å². The summed E-state index contributed by atoms with van der Waals surface area (Å²) in [5, 5.41) is 0. The van der Waals surface area contributed by atoms with Crippen LogP contribution in [-0.2, 0) is 83.4 Å². The van der Waals surface area contributed by atoms with Crippen LogP contribution in [0.3, 0.4) is 0 Å². The van der Waals surface area contributed by atoms with Gasteiger partial charge in [0.25, 0.3) is 0 Å². The van der Waals surface area contributed by atoms with Crippen LogP contribution in [-0.4, -0.2) is 0 Å². The number of halogens is 8. The normalized spacial score (nSPS) is 31.8. The summed E-state index contributed by atoms with van der Waals surface area (Å²) in [6.45, 7) is 45.6. The molecule has 128 heavy (non-hydrogen) atoms. The molecule has 0 aromatic heterocycles. The van der Waals surface area contributed by atoms with E-state index in [1.54, 1.807) is 11.1 Å². The number of rotatable bonds is 22. The summed E-state index contributed by atoms with van der Waals surface area (Å²) < 4.78 is 0. The minimum absolute atomic E-state index is 0. The van der Waals surface area contributed by atoms with Crippen LogP contribution in [0.15, 0.2) is 243 Å². The zero-order valence-corrected chi connectivity index (χ0v) is 99.4. The van der Waals surface area contributed by atoms with Crippen LogP contribution in [0.1, 0.15) is 250 Å². The van der Waals surface area contributed by atoms with Gasteiger partial charge >= 0.3 is 151 Å². The molecule has 16 aliphatic rings. The molecule has 22 unspecified atom stereocenters. The first-order chi connectivity index (χ1) is 57.7. The monoisotopic (exact) mass is 2210 g/mol. The third-order valence-corrected chi connectivity index (χ3v) is 33.5. The van der Waals surface area contributed by atoms with Gasteiger partial charge in [0, 0.05) is 0 Å². The average Bonchev–Trinajstić information content (AvgIpc) is 1.59. The van der Waals surface area contributed by atoms with Crippen molar-refractivity contribution in [3.63, 3.8) is 0 Å². The fourth-order valence-electron chi connectivity index (χ4n) is 28.1. The van der Waals surface area contributed by atoms with E-state index in [1.165, 1.54) is 159 Å². The Bertz CT molecular complexity index is 3700. The van der Waals surface area contributed by atoms with Crippen LogP contribution >= 0.6 is 68.1 Å². The summed E-state index contributed by atoms with van der Waals surface area (Å²) >= 11 is -3.30. The Morgan fingerprint density at radius 3 is 0.672 bits per heavy atom. The first-order valence-corrected chi connectivity index (χ1v) is 72.2. The predicted octanol–water partition coefficient (Wildman–Crippen LogP) is 39.5. The first kappa shape index (κ1) is 127. The number of allylic oxidation sites excluding steroid dienone is 36. The van der Waals surface area contributed by atoms with Gasteiger partial charge in [0.15, 0.2) is 0 Å². The molecule has 0 aromatic carbocycles. The number of hydrogen-bond acceptors (Lipinski definition) is 0. The molecule has 0 N–H and O–H groups in total. The molecule has 16 aliphatic carbocycles. The molecule has 0 bridgehead atoms. The van der Waals surface area contributed by atoms with Gasteiger partial charge in [-0.1, -0.05) is 326 Å². The van der Waals surface area contributed by atoms with Crippen LogP contribution < -0.4 is 0 Å². The predicted molar refractivity (Wildman–Crippen MR) is 567 cm³/mol. The maximum atomic E-state index is 4.93. The van der Waals surface area contributed by atoms with Crippen molar-refractivity contribution in [1.82, 2.24) is 0 Å². The van der Waals surface area contributed by atoms with Crippen LogP contribution in [0.2, 0.25) is 0 Å². The Balaban J connectivity index is 0.000000803. The van der Waals surface area contributed by atoms with Gasteiger partial charge in [-0.3, -0.25) is 0 Å². The van der Waals surface area contributed by atoms with E-state index in [9.17, 15) is 0 Å². The third-order valence-electron chi connectivity index (χ3n) is 33.5. The molecule has 8 saturated carbocycles. The second-order valence-corrected chi connectivity index (χ2v) is 56.6. The molecular formula is C116H176Cl8Zr4. The molecule has 0 spiro atoms. The van der Waals surface area contributed by atoms with Crippen LogP contribution in [0.25, 0.3) is 0 Å². The molecular weight excluding hydrogens is 2040 g/mol. The number of unbranched alkanes of at least 4 members (excludes halogenated alkanes) is 2. The molecule has 712 valence electrons. The topological polar surface area (TPSA) is 0 Å². The second-order valence-electron chi connectivity index (χ2n) is 41.7. The van der Waals surface area contributed by atoms with Crippen LogP contribution in [0.5, 0.6) is 0 Å². The van der Waals surface area contributed by atoms with Crippen LogP contribution in [0, 0.1) is 234 Å². The minimum atomic E-state index is -0.826. The molecule has 0 radical (unpaired) electrons. The molecule has 0 nitrogen and oxygen atoms in total. The average molecular weight is 2220 g/mol. The van der Waals surface area contributed by atoms with Crippen molar-refractivity contribution in [1.29, 1.82) is 0 Å². The molecule has 0 saturated heterocycles. The molecule has 16 rings (SSSR count). The van der Waals surface area contributed by atoms with E-state index in [-0.39, 0.29) is 70.2 Å². The van der Waals surface area contributed by atoms with Gasteiger partial charge in [0.1, 0.15) is 0 Å². The van der Waals surface area contributed by atoms with E-state index in [1.807, 2.05) is 0 Å². The van der Waals surface area contributed by atoms with E-state index in [2.05, 4.69) is 304 Å². The van der Waals surface area contributed by atoms with Gasteiger partial charge in [-0.15, -0.1) is 26.3 Å². The van der Waals surface area contributed by atoms with Crippen molar-refractivity contribution in [2.24, 2.45) is 175 Å².